The fraction of sp³-hybridized carbons (Fsp3) is 0.211. The minimum Gasteiger partial charge on any atom is -0.489 e. The molecule has 2 aromatic rings. The van der Waals surface area contributed by atoms with Gasteiger partial charge < -0.3 is 9.47 Å². The summed E-state index contributed by atoms with van der Waals surface area (Å²) < 4.78 is 10.8. The number of rotatable bonds is 5. The van der Waals surface area contributed by atoms with Gasteiger partial charge in [-0.1, -0.05) is 36.4 Å². The first kappa shape index (κ1) is 14.4. The summed E-state index contributed by atoms with van der Waals surface area (Å²) in [4.78, 5) is 11.5. The highest BCUT2D eigenvalue weighted by Gasteiger charge is 2.21. The summed E-state index contributed by atoms with van der Waals surface area (Å²) >= 11 is 0. The van der Waals surface area contributed by atoms with Crippen molar-refractivity contribution in [2.75, 3.05) is 6.61 Å². The van der Waals surface area contributed by atoms with Gasteiger partial charge in [0.1, 0.15) is 12.4 Å². The third kappa shape index (κ3) is 3.19. The van der Waals surface area contributed by atoms with E-state index in [9.17, 15) is 4.79 Å². The fourth-order valence-electron chi connectivity index (χ4n) is 2.49. The van der Waals surface area contributed by atoms with Crippen molar-refractivity contribution in [2.45, 2.75) is 20.0 Å². The average molecular weight is 294 g/mol. The number of hydrogen-bond acceptors (Lipinski definition) is 3. The zero-order valence-electron chi connectivity index (χ0n) is 12.5. The van der Waals surface area contributed by atoms with Crippen molar-refractivity contribution >= 4 is 11.5 Å². The Balaban J connectivity index is 1.69. The largest absolute Gasteiger partial charge is 0.489 e. The third-order valence-electron chi connectivity index (χ3n) is 3.64. The van der Waals surface area contributed by atoms with Crippen LogP contribution in [0.2, 0.25) is 0 Å². The molecule has 1 aliphatic rings. The van der Waals surface area contributed by atoms with Gasteiger partial charge in [-0.3, -0.25) is 0 Å². The first-order valence-corrected chi connectivity index (χ1v) is 7.43. The summed E-state index contributed by atoms with van der Waals surface area (Å²) in [7, 11) is 0. The predicted octanol–water partition coefficient (Wildman–Crippen LogP) is 3.77. The molecule has 0 bridgehead atoms. The standard InChI is InChI=1S/C19H18O3/c1-2-21-19(20)11-16-10-15-8-9-17(12-18(15)16)22-13-14-6-4-3-5-7-14/h3-9,11-12H,2,10,13H2,1H3/b16-11+. The highest BCUT2D eigenvalue weighted by atomic mass is 16.5. The van der Waals surface area contributed by atoms with E-state index in [0.717, 1.165) is 28.9 Å². The second-order valence-electron chi connectivity index (χ2n) is 5.19. The van der Waals surface area contributed by atoms with E-state index in [1.807, 2.05) is 42.5 Å². The molecule has 0 radical (unpaired) electrons. The summed E-state index contributed by atoms with van der Waals surface area (Å²) in [6.45, 7) is 2.74. The van der Waals surface area contributed by atoms with Gasteiger partial charge in [0.2, 0.25) is 0 Å². The number of allylic oxidation sites excluding steroid dienone is 1. The van der Waals surface area contributed by atoms with Gasteiger partial charge >= 0.3 is 5.97 Å². The van der Waals surface area contributed by atoms with Crippen molar-refractivity contribution in [3.05, 3.63) is 71.3 Å². The van der Waals surface area contributed by atoms with Gasteiger partial charge in [0.25, 0.3) is 0 Å². The van der Waals surface area contributed by atoms with Crippen LogP contribution in [-0.2, 0) is 22.6 Å². The lowest BCUT2D eigenvalue weighted by atomic mass is 9.82. The van der Waals surface area contributed by atoms with Gasteiger partial charge in [-0.15, -0.1) is 0 Å². The molecule has 0 saturated carbocycles. The number of carbonyl (C=O) groups excluding carboxylic acids is 1. The minimum atomic E-state index is -0.279. The van der Waals surface area contributed by atoms with Crippen LogP contribution in [0.4, 0.5) is 0 Å². The monoisotopic (exact) mass is 294 g/mol. The molecule has 0 heterocycles. The zero-order valence-corrected chi connectivity index (χ0v) is 12.5. The highest BCUT2D eigenvalue weighted by molar-refractivity contribution is 5.95. The van der Waals surface area contributed by atoms with E-state index in [1.54, 1.807) is 13.0 Å². The fourth-order valence-corrected chi connectivity index (χ4v) is 2.49. The summed E-state index contributed by atoms with van der Waals surface area (Å²) in [5.74, 6) is 0.538. The maximum atomic E-state index is 11.5. The number of benzene rings is 2. The number of esters is 1. The van der Waals surface area contributed by atoms with Crippen LogP contribution in [0.5, 0.6) is 5.75 Å². The quantitative estimate of drug-likeness (QED) is 0.622. The van der Waals surface area contributed by atoms with Crippen LogP contribution in [0.15, 0.2) is 54.6 Å². The number of carbonyl (C=O) groups is 1. The molecule has 3 nitrogen and oxygen atoms in total. The number of ether oxygens (including phenoxy) is 2. The lowest BCUT2D eigenvalue weighted by Gasteiger charge is -2.23. The Morgan fingerprint density at radius 3 is 2.77 bits per heavy atom. The second-order valence-corrected chi connectivity index (χ2v) is 5.19. The average Bonchev–Trinajstić information content (AvgIpc) is 2.53. The molecule has 0 amide bonds. The Kier molecular flexibility index (Phi) is 4.24. The third-order valence-corrected chi connectivity index (χ3v) is 3.64. The Morgan fingerprint density at radius 1 is 1.18 bits per heavy atom. The van der Waals surface area contributed by atoms with Gasteiger partial charge in [-0.25, -0.2) is 4.79 Å². The van der Waals surface area contributed by atoms with Gasteiger partial charge in [-0.05, 0) is 47.7 Å². The van der Waals surface area contributed by atoms with Crippen LogP contribution in [0.25, 0.3) is 5.57 Å². The van der Waals surface area contributed by atoms with E-state index in [0.29, 0.717) is 13.2 Å². The van der Waals surface area contributed by atoms with Crippen LogP contribution < -0.4 is 4.74 Å². The van der Waals surface area contributed by atoms with Gasteiger partial charge in [-0.2, -0.15) is 0 Å². The van der Waals surface area contributed by atoms with Gasteiger partial charge in [0, 0.05) is 6.08 Å². The Labute approximate surface area is 130 Å². The van der Waals surface area contributed by atoms with E-state index in [4.69, 9.17) is 9.47 Å². The van der Waals surface area contributed by atoms with Crippen molar-refractivity contribution in [3.63, 3.8) is 0 Å². The molecular weight excluding hydrogens is 276 g/mol. The van der Waals surface area contributed by atoms with E-state index in [2.05, 4.69) is 6.07 Å². The molecule has 3 rings (SSSR count). The minimum absolute atomic E-state index is 0.279. The first-order valence-electron chi connectivity index (χ1n) is 7.43. The molecule has 0 atom stereocenters. The SMILES string of the molecule is CCOC(=O)/C=C1\Cc2ccc(OCc3ccccc3)cc21. The van der Waals surface area contributed by atoms with E-state index < -0.39 is 0 Å². The molecule has 2 aromatic carbocycles. The second kappa shape index (κ2) is 6.48. The molecule has 22 heavy (non-hydrogen) atoms. The maximum absolute atomic E-state index is 11.5. The predicted molar refractivity (Wildman–Crippen MR) is 85.5 cm³/mol. The van der Waals surface area contributed by atoms with Crippen LogP contribution in [-0.4, -0.2) is 12.6 Å². The molecule has 0 unspecified atom stereocenters. The van der Waals surface area contributed by atoms with Gasteiger partial charge in [0.15, 0.2) is 0 Å². The van der Waals surface area contributed by atoms with Crippen molar-refractivity contribution in [1.29, 1.82) is 0 Å². The zero-order chi connectivity index (χ0) is 15.4. The van der Waals surface area contributed by atoms with Crippen LogP contribution in [0.3, 0.4) is 0 Å². The normalized spacial score (nSPS) is 14.1. The van der Waals surface area contributed by atoms with E-state index in [-0.39, 0.29) is 5.97 Å². The highest BCUT2D eigenvalue weighted by Crippen LogP contribution is 2.36. The topological polar surface area (TPSA) is 35.5 Å². The molecule has 112 valence electrons. The number of fused-ring (bicyclic) bond motifs is 1. The number of hydrogen-bond donors (Lipinski definition) is 0. The molecule has 0 spiro atoms. The van der Waals surface area contributed by atoms with Gasteiger partial charge in [0.05, 0.1) is 6.61 Å². The molecule has 0 fully saturated rings. The van der Waals surface area contributed by atoms with Crippen LogP contribution >= 0.6 is 0 Å². The molecule has 0 aromatic heterocycles. The molecule has 1 aliphatic carbocycles. The summed E-state index contributed by atoms with van der Waals surface area (Å²) in [6, 6.07) is 16.1. The van der Waals surface area contributed by atoms with Crippen molar-refractivity contribution < 1.29 is 14.3 Å². The molecular formula is C19H18O3. The lowest BCUT2D eigenvalue weighted by molar-refractivity contribution is -0.137. The summed E-state index contributed by atoms with van der Waals surface area (Å²) in [5, 5.41) is 0. The Morgan fingerprint density at radius 2 is 2.00 bits per heavy atom. The van der Waals surface area contributed by atoms with Crippen LogP contribution in [0.1, 0.15) is 23.6 Å². The molecule has 0 aliphatic heterocycles. The summed E-state index contributed by atoms with van der Waals surface area (Å²) in [5.41, 5.74) is 4.47. The van der Waals surface area contributed by atoms with E-state index in [1.165, 1.54) is 5.56 Å². The summed E-state index contributed by atoms with van der Waals surface area (Å²) in [6.07, 6.45) is 2.39. The van der Waals surface area contributed by atoms with Crippen molar-refractivity contribution in [1.82, 2.24) is 0 Å². The van der Waals surface area contributed by atoms with E-state index >= 15 is 0 Å². The maximum Gasteiger partial charge on any atom is 0.331 e. The smallest absolute Gasteiger partial charge is 0.331 e. The molecule has 0 N–H and O–H groups in total. The Bertz CT molecular complexity index is 702. The Hall–Kier alpha value is -2.55. The molecule has 3 heteroatoms. The van der Waals surface area contributed by atoms with Crippen molar-refractivity contribution in [3.8, 4) is 5.75 Å². The first-order chi connectivity index (χ1) is 10.8. The van der Waals surface area contributed by atoms with Crippen molar-refractivity contribution in [2.24, 2.45) is 0 Å². The lowest BCUT2D eigenvalue weighted by Crippen LogP contribution is -2.11. The molecule has 0 saturated heterocycles. The van der Waals surface area contributed by atoms with Crippen LogP contribution in [0, 0.1) is 0 Å².